The van der Waals surface area contributed by atoms with Crippen LogP contribution in [0.25, 0.3) is 0 Å². The van der Waals surface area contributed by atoms with Gasteiger partial charge in [0.15, 0.2) is 0 Å². The Bertz CT molecular complexity index is 592. The van der Waals surface area contributed by atoms with Crippen molar-refractivity contribution in [2.45, 2.75) is 51.6 Å². The van der Waals surface area contributed by atoms with Gasteiger partial charge in [0.1, 0.15) is 5.60 Å². The van der Waals surface area contributed by atoms with Crippen molar-refractivity contribution in [3.05, 3.63) is 22.4 Å². The van der Waals surface area contributed by atoms with Crippen LogP contribution in [0.2, 0.25) is 0 Å². The summed E-state index contributed by atoms with van der Waals surface area (Å²) in [6.07, 6.45) is 3.69. The molecule has 0 atom stereocenters. The highest BCUT2D eigenvalue weighted by Crippen LogP contribution is 2.33. The first-order valence-corrected chi connectivity index (χ1v) is 10.2. The fourth-order valence-electron chi connectivity index (χ4n) is 3.55. The summed E-state index contributed by atoms with van der Waals surface area (Å²) in [7, 11) is 0. The molecule has 0 aromatic carbocycles. The fourth-order valence-corrected chi connectivity index (χ4v) is 4.25. The van der Waals surface area contributed by atoms with E-state index in [2.05, 4.69) is 25.3 Å². The van der Waals surface area contributed by atoms with Crippen LogP contribution in [0.3, 0.4) is 0 Å². The summed E-state index contributed by atoms with van der Waals surface area (Å²) in [6.45, 7) is 7.15. The third kappa shape index (κ3) is 4.54. The summed E-state index contributed by atoms with van der Waals surface area (Å²) in [5, 5.41) is 4.14. The summed E-state index contributed by atoms with van der Waals surface area (Å²) in [5.74, 6) is 0.786. The molecule has 0 unspecified atom stereocenters. The molecule has 138 valence electrons. The molecule has 0 aliphatic carbocycles. The molecule has 0 N–H and O–H groups in total. The summed E-state index contributed by atoms with van der Waals surface area (Å²) >= 11 is 1.67. The zero-order valence-electron chi connectivity index (χ0n) is 15.2. The number of hydrogen-bond donors (Lipinski definition) is 0. The number of likely N-dealkylation sites (tertiary alicyclic amines) is 1. The number of hydrogen-bond acceptors (Lipinski definition) is 4. The van der Waals surface area contributed by atoms with Gasteiger partial charge in [-0.2, -0.15) is 11.3 Å². The predicted octanol–water partition coefficient (Wildman–Crippen LogP) is 3.54. The normalized spacial score (nSPS) is 19.7. The number of carbonyl (C=O) groups is 2. The van der Waals surface area contributed by atoms with E-state index >= 15 is 0 Å². The quantitative estimate of drug-likeness (QED) is 0.776. The lowest BCUT2D eigenvalue weighted by molar-refractivity contribution is -0.134. The first kappa shape index (κ1) is 18.2. The molecule has 5 nitrogen and oxygen atoms in total. The second-order valence-electron chi connectivity index (χ2n) is 7.67. The van der Waals surface area contributed by atoms with Gasteiger partial charge in [-0.25, -0.2) is 4.79 Å². The maximum absolute atomic E-state index is 12.4. The van der Waals surface area contributed by atoms with Crippen LogP contribution in [0.15, 0.2) is 16.8 Å². The van der Waals surface area contributed by atoms with Crippen LogP contribution in [0.1, 0.15) is 45.1 Å². The Morgan fingerprint density at radius 2 is 2.12 bits per heavy atom. The van der Waals surface area contributed by atoms with E-state index in [0.717, 1.165) is 32.2 Å². The third-order valence-electron chi connectivity index (χ3n) is 5.25. The number of ether oxygens (including phenoxy) is 1. The smallest absolute Gasteiger partial charge is 0.410 e. The number of aryl methyl sites for hydroxylation is 1. The number of rotatable bonds is 6. The maximum Gasteiger partial charge on any atom is 0.410 e. The highest BCUT2D eigenvalue weighted by Gasteiger charge is 2.47. The molecule has 1 aromatic heterocycles. The Balaban J connectivity index is 1.46. The minimum atomic E-state index is -0.377. The molecule has 0 bridgehead atoms. The van der Waals surface area contributed by atoms with Crippen molar-refractivity contribution in [2.24, 2.45) is 5.92 Å². The van der Waals surface area contributed by atoms with Crippen molar-refractivity contribution in [1.82, 2.24) is 9.80 Å². The lowest BCUT2D eigenvalue weighted by atomic mass is 9.91. The van der Waals surface area contributed by atoms with E-state index in [-0.39, 0.29) is 17.6 Å². The Labute approximate surface area is 153 Å². The number of nitrogens with zero attached hydrogens (tertiary/aromatic N) is 2. The van der Waals surface area contributed by atoms with Crippen LogP contribution < -0.4 is 0 Å². The number of amides is 2. The van der Waals surface area contributed by atoms with Gasteiger partial charge in [0.05, 0.1) is 6.54 Å². The van der Waals surface area contributed by atoms with Crippen molar-refractivity contribution in [1.29, 1.82) is 0 Å². The van der Waals surface area contributed by atoms with Gasteiger partial charge in [-0.15, -0.1) is 0 Å². The molecule has 6 heteroatoms. The van der Waals surface area contributed by atoms with E-state index in [1.807, 2.05) is 15.2 Å². The van der Waals surface area contributed by atoms with E-state index in [1.54, 1.807) is 11.3 Å². The van der Waals surface area contributed by atoms with Gasteiger partial charge >= 0.3 is 6.09 Å². The molecule has 0 saturated carbocycles. The van der Waals surface area contributed by atoms with Crippen molar-refractivity contribution < 1.29 is 14.3 Å². The minimum Gasteiger partial charge on any atom is -0.441 e. The molecular formula is C19H28N2O3S. The SMILES string of the molecule is CC(C)CCN1CC2(CCN(C(=O)CCc3ccsc3)CC2)OC1=O. The molecule has 2 amide bonds. The average molecular weight is 365 g/mol. The molecule has 3 rings (SSSR count). The molecule has 1 aromatic rings. The summed E-state index contributed by atoms with van der Waals surface area (Å²) in [5.41, 5.74) is 0.857. The third-order valence-corrected chi connectivity index (χ3v) is 5.98. The van der Waals surface area contributed by atoms with Gasteiger partial charge in [0.25, 0.3) is 0 Å². The van der Waals surface area contributed by atoms with Crippen molar-refractivity contribution in [3.8, 4) is 0 Å². The molecule has 2 fully saturated rings. The average Bonchev–Trinajstić information content (AvgIpc) is 3.20. The van der Waals surface area contributed by atoms with E-state index in [4.69, 9.17) is 4.74 Å². The van der Waals surface area contributed by atoms with Crippen molar-refractivity contribution in [2.75, 3.05) is 26.2 Å². The van der Waals surface area contributed by atoms with Crippen LogP contribution in [0.4, 0.5) is 4.79 Å². The van der Waals surface area contributed by atoms with Gasteiger partial charge < -0.3 is 14.5 Å². The van der Waals surface area contributed by atoms with E-state index in [9.17, 15) is 9.59 Å². The lowest BCUT2D eigenvalue weighted by Crippen LogP contribution is -2.48. The monoisotopic (exact) mass is 364 g/mol. The van der Waals surface area contributed by atoms with Gasteiger partial charge in [-0.3, -0.25) is 4.79 Å². The molecule has 2 saturated heterocycles. The number of carbonyl (C=O) groups excluding carboxylic acids is 2. The van der Waals surface area contributed by atoms with Gasteiger partial charge in [-0.05, 0) is 41.1 Å². The van der Waals surface area contributed by atoms with Crippen LogP contribution in [0.5, 0.6) is 0 Å². The summed E-state index contributed by atoms with van der Waals surface area (Å²) in [4.78, 5) is 28.3. The molecule has 2 aliphatic rings. The zero-order chi connectivity index (χ0) is 17.9. The lowest BCUT2D eigenvalue weighted by Gasteiger charge is -2.37. The number of thiophene rings is 1. The van der Waals surface area contributed by atoms with Crippen LogP contribution in [-0.2, 0) is 16.0 Å². The van der Waals surface area contributed by atoms with Crippen molar-refractivity contribution in [3.63, 3.8) is 0 Å². The van der Waals surface area contributed by atoms with Gasteiger partial charge in [-0.1, -0.05) is 13.8 Å². The standard InChI is InChI=1S/C19H28N2O3S/c1-15(2)5-9-21-14-19(24-18(21)23)7-10-20(11-8-19)17(22)4-3-16-6-12-25-13-16/h6,12-13,15H,3-5,7-11,14H2,1-2H3. The van der Waals surface area contributed by atoms with E-state index in [0.29, 0.717) is 32.0 Å². The van der Waals surface area contributed by atoms with Crippen molar-refractivity contribution >= 4 is 23.3 Å². The largest absolute Gasteiger partial charge is 0.441 e. The first-order chi connectivity index (χ1) is 12.0. The second kappa shape index (κ2) is 7.77. The topological polar surface area (TPSA) is 49.9 Å². The number of piperidine rings is 1. The first-order valence-electron chi connectivity index (χ1n) is 9.24. The fraction of sp³-hybridized carbons (Fsp3) is 0.684. The van der Waals surface area contributed by atoms with Gasteiger partial charge in [0.2, 0.25) is 5.91 Å². The Kier molecular flexibility index (Phi) is 5.67. The van der Waals surface area contributed by atoms with Crippen LogP contribution >= 0.6 is 11.3 Å². The highest BCUT2D eigenvalue weighted by atomic mass is 32.1. The van der Waals surface area contributed by atoms with Crippen LogP contribution in [0, 0.1) is 5.92 Å². The Morgan fingerprint density at radius 3 is 2.76 bits per heavy atom. The molecule has 0 radical (unpaired) electrons. The van der Waals surface area contributed by atoms with E-state index < -0.39 is 0 Å². The Hall–Kier alpha value is -1.56. The molecule has 25 heavy (non-hydrogen) atoms. The zero-order valence-corrected chi connectivity index (χ0v) is 16.0. The molecule has 2 aliphatic heterocycles. The molecule has 3 heterocycles. The maximum atomic E-state index is 12.4. The van der Waals surface area contributed by atoms with Crippen LogP contribution in [-0.4, -0.2) is 53.6 Å². The van der Waals surface area contributed by atoms with E-state index in [1.165, 1.54) is 5.56 Å². The molecule has 1 spiro atoms. The summed E-state index contributed by atoms with van der Waals surface area (Å²) < 4.78 is 5.73. The highest BCUT2D eigenvalue weighted by molar-refractivity contribution is 7.07. The Morgan fingerprint density at radius 1 is 1.36 bits per heavy atom. The van der Waals surface area contributed by atoms with Gasteiger partial charge in [0, 0.05) is 38.9 Å². The molecular weight excluding hydrogens is 336 g/mol. The minimum absolute atomic E-state index is 0.183. The predicted molar refractivity (Wildman–Crippen MR) is 98.7 cm³/mol. The second-order valence-corrected chi connectivity index (χ2v) is 8.45. The summed E-state index contributed by atoms with van der Waals surface area (Å²) in [6, 6.07) is 2.08.